The highest BCUT2D eigenvalue weighted by molar-refractivity contribution is 5.94. The van der Waals surface area contributed by atoms with Crippen LogP contribution in [0.15, 0.2) is 47.1 Å². The number of pyridine rings is 1. The minimum Gasteiger partial charge on any atom is -0.491 e. The third-order valence-electron chi connectivity index (χ3n) is 5.74. The van der Waals surface area contributed by atoms with Crippen LogP contribution in [-0.2, 0) is 0 Å². The lowest BCUT2D eigenvalue weighted by Gasteiger charge is -2.35. The summed E-state index contributed by atoms with van der Waals surface area (Å²) in [6.45, 7) is 6.75. The molecule has 1 aromatic carbocycles. The molecule has 8 nitrogen and oxygen atoms in total. The molecule has 2 aliphatic rings. The van der Waals surface area contributed by atoms with Gasteiger partial charge in [0.05, 0.1) is 6.10 Å². The number of rotatable bonds is 6. The summed E-state index contributed by atoms with van der Waals surface area (Å²) in [6, 6.07) is 11.3. The third kappa shape index (κ3) is 4.44. The molecule has 0 atom stereocenters. The molecule has 1 saturated heterocycles. The maximum absolute atomic E-state index is 12.9. The highest BCUT2D eigenvalue weighted by Crippen LogP contribution is 2.39. The maximum Gasteiger partial charge on any atom is 0.253 e. The van der Waals surface area contributed by atoms with Gasteiger partial charge in [-0.1, -0.05) is 5.16 Å². The van der Waals surface area contributed by atoms with Crippen molar-refractivity contribution < 1.29 is 14.1 Å². The molecule has 5 rings (SSSR count). The number of nitrogens with zero attached hydrogens (tertiary/aromatic N) is 5. The predicted octanol–water partition coefficient (Wildman–Crippen LogP) is 3.76. The SMILES string of the molecule is CC(C)Oc1ccc(C(=O)N2CCN(c3ccc(-c4noc(C5CC5)n4)cn3)CC2)cc1. The molecule has 32 heavy (non-hydrogen) atoms. The number of hydrogen-bond donors (Lipinski definition) is 0. The van der Waals surface area contributed by atoms with Crippen molar-refractivity contribution in [1.82, 2.24) is 20.0 Å². The zero-order valence-corrected chi connectivity index (χ0v) is 18.4. The zero-order valence-electron chi connectivity index (χ0n) is 18.4. The Morgan fingerprint density at radius 3 is 2.44 bits per heavy atom. The summed E-state index contributed by atoms with van der Waals surface area (Å²) >= 11 is 0. The number of hydrogen-bond acceptors (Lipinski definition) is 7. The Bertz CT molecular complexity index is 1070. The molecule has 0 unspecified atom stereocenters. The second-order valence-electron chi connectivity index (χ2n) is 8.61. The van der Waals surface area contributed by atoms with Crippen LogP contribution in [0.5, 0.6) is 5.75 Å². The molecule has 0 bridgehead atoms. The van der Waals surface area contributed by atoms with Gasteiger partial charge in [0, 0.05) is 49.4 Å². The van der Waals surface area contributed by atoms with Crippen LogP contribution in [0, 0.1) is 0 Å². The Morgan fingerprint density at radius 1 is 1.06 bits per heavy atom. The van der Waals surface area contributed by atoms with Crippen molar-refractivity contribution in [2.24, 2.45) is 0 Å². The highest BCUT2D eigenvalue weighted by atomic mass is 16.5. The number of anilines is 1. The van der Waals surface area contributed by atoms with Gasteiger partial charge >= 0.3 is 0 Å². The van der Waals surface area contributed by atoms with Crippen molar-refractivity contribution in [2.45, 2.75) is 38.7 Å². The summed E-state index contributed by atoms with van der Waals surface area (Å²) in [5.41, 5.74) is 1.53. The normalized spacial score (nSPS) is 16.5. The van der Waals surface area contributed by atoms with Gasteiger partial charge in [0.25, 0.3) is 5.91 Å². The predicted molar refractivity (Wildman–Crippen MR) is 120 cm³/mol. The van der Waals surface area contributed by atoms with Crippen LogP contribution in [-0.4, -0.2) is 58.2 Å². The van der Waals surface area contributed by atoms with Crippen LogP contribution in [0.3, 0.4) is 0 Å². The van der Waals surface area contributed by atoms with Crippen molar-refractivity contribution >= 4 is 11.7 Å². The number of carbonyl (C=O) groups excluding carboxylic acids is 1. The van der Waals surface area contributed by atoms with Crippen LogP contribution in [0.4, 0.5) is 5.82 Å². The van der Waals surface area contributed by atoms with E-state index in [1.807, 2.05) is 55.1 Å². The summed E-state index contributed by atoms with van der Waals surface area (Å²) in [5.74, 6) is 3.47. The Kier molecular flexibility index (Phi) is 5.51. The van der Waals surface area contributed by atoms with E-state index in [1.54, 1.807) is 6.20 Å². The molecular formula is C24H27N5O3. The number of ether oxygens (including phenoxy) is 1. The van der Waals surface area contributed by atoms with Gasteiger partial charge in [0.2, 0.25) is 11.7 Å². The second-order valence-corrected chi connectivity index (χ2v) is 8.61. The summed E-state index contributed by atoms with van der Waals surface area (Å²) in [4.78, 5) is 26.0. The third-order valence-corrected chi connectivity index (χ3v) is 5.74. The molecule has 0 N–H and O–H groups in total. The molecular weight excluding hydrogens is 406 g/mol. The summed E-state index contributed by atoms with van der Waals surface area (Å²) < 4.78 is 11.0. The van der Waals surface area contributed by atoms with E-state index in [-0.39, 0.29) is 12.0 Å². The fraction of sp³-hybridized carbons (Fsp3) is 0.417. The lowest BCUT2D eigenvalue weighted by atomic mass is 10.1. The monoisotopic (exact) mass is 433 g/mol. The molecule has 1 saturated carbocycles. The number of carbonyl (C=O) groups is 1. The lowest BCUT2D eigenvalue weighted by molar-refractivity contribution is 0.0746. The minimum atomic E-state index is 0.0487. The van der Waals surface area contributed by atoms with Gasteiger partial charge in [-0.15, -0.1) is 0 Å². The minimum absolute atomic E-state index is 0.0487. The van der Waals surface area contributed by atoms with Gasteiger partial charge in [-0.25, -0.2) is 4.98 Å². The molecule has 0 spiro atoms. The van der Waals surface area contributed by atoms with E-state index in [4.69, 9.17) is 9.26 Å². The Labute approximate surface area is 187 Å². The van der Waals surface area contributed by atoms with E-state index in [9.17, 15) is 4.79 Å². The van der Waals surface area contributed by atoms with E-state index in [0.717, 1.165) is 49.0 Å². The summed E-state index contributed by atoms with van der Waals surface area (Å²) in [6.07, 6.45) is 4.16. The largest absolute Gasteiger partial charge is 0.491 e. The Balaban J connectivity index is 1.17. The topological polar surface area (TPSA) is 84.6 Å². The molecule has 166 valence electrons. The van der Waals surface area contributed by atoms with Gasteiger partial charge < -0.3 is 19.1 Å². The number of benzene rings is 1. The fourth-order valence-electron chi connectivity index (χ4n) is 3.82. The van der Waals surface area contributed by atoms with Gasteiger partial charge in [-0.2, -0.15) is 4.98 Å². The van der Waals surface area contributed by atoms with Crippen molar-refractivity contribution in [1.29, 1.82) is 0 Å². The molecule has 1 aliphatic heterocycles. The van der Waals surface area contributed by atoms with Gasteiger partial charge in [0.1, 0.15) is 11.6 Å². The van der Waals surface area contributed by atoms with E-state index in [0.29, 0.717) is 30.4 Å². The van der Waals surface area contributed by atoms with Gasteiger partial charge in [-0.3, -0.25) is 4.79 Å². The van der Waals surface area contributed by atoms with Gasteiger partial charge in [0.15, 0.2) is 0 Å². The van der Waals surface area contributed by atoms with Crippen molar-refractivity contribution in [3.05, 3.63) is 54.0 Å². The Hall–Kier alpha value is -3.42. The zero-order chi connectivity index (χ0) is 22.1. The van der Waals surface area contributed by atoms with E-state index in [1.165, 1.54) is 0 Å². The molecule has 8 heteroatoms. The van der Waals surface area contributed by atoms with E-state index in [2.05, 4.69) is 20.0 Å². The van der Waals surface area contributed by atoms with Crippen molar-refractivity contribution in [2.75, 3.05) is 31.1 Å². The highest BCUT2D eigenvalue weighted by Gasteiger charge is 2.30. The first-order chi connectivity index (χ1) is 15.6. The molecule has 3 aromatic rings. The van der Waals surface area contributed by atoms with E-state index >= 15 is 0 Å². The number of piperazine rings is 1. The van der Waals surface area contributed by atoms with Crippen LogP contribution in [0.2, 0.25) is 0 Å². The standard InChI is InChI=1S/C24H27N5O3/c1-16(2)31-20-8-5-18(6-9-20)24(30)29-13-11-28(12-14-29)21-10-7-19(15-25-21)22-26-23(32-27-22)17-3-4-17/h5-10,15-17H,3-4,11-14H2,1-2H3. The quantitative estimate of drug-likeness (QED) is 0.585. The first kappa shape index (κ1) is 20.5. The maximum atomic E-state index is 12.9. The van der Waals surface area contributed by atoms with Crippen LogP contribution < -0.4 is 9.64 Å². The van der Waals surface area contributed by atoms with Crippen molar-refractivity contribution in [3.8, 4) is 17.1 Å². The van der Waals surface area contributed by atoms with E-state index < -0.39 is 0 Å². The first-order valence-corrected chi connectivity index (χ1v) is 11.2. The molecule has 1 amide bonds. The Morgan fingerprint density at radius 2 is 1.81 bits per heavy atom. The molecule has 1 aliphatic carbocycles. The number of aromatic nitrogens is 3. The molecule has 3 heterocycles. The van der Waals surface area contributed by atoms with Crippen LogP contribution >= 0.6 is 0 Å². The number of amides is 1. The summed E-state index contributed by atoms with van der Waals surface area (Å²) in [5, 5.41) is 4.08. The molecule has 0 radical (unpaired) electrons. The smallest absolute Gasteiger partial charge is 0.253 e. The second kappa shape index (κ2) is 8.61. The molecule has 2 aromatic heterocycles. The van der Waals surface area contributed by atoms with Crippen molar-refractivity contribution in [3.63, 3.8) is 0 Å². The van der Waals surface area contributed by atoms with Gasteiger partial charge in [-0.05, 0) is 63.1 Å². The summed E-state index contributed by atoms with van der Waals surface area (Å²) in [7, 11) is 0. The lowest BCUT2D eigenvalue weighted by Crippen LogP contribution is -2.49. The van der Waals surface area contributed by atoms with Crippen LogP contribution in [0.25, 0.3) is 11.4 Å². The first-order valence-electron chi connectivity index (χ1n) is 11.2. The molecule has 2 fully saturated rings. The average molecular weight is 434 g/mol. The average Bonchev–Trinajstić information content (AvgIpc) is 3.55. The van der Waals surface area contributed by atoms with Crippen LogP contribution in [0.1, 0.15) is 48.9 Å². The fourth-order valence-corrected chi connectivity index (χ4v) is 3.82.